The maximum absolute atomic E-state index is 12.3. The molecule has 0 aliphatic heterocycles. The zero-order valence-electron chi connectivity index (χ0n) is 13.0. The number of carbonyl (C=O) groups is 2. The SMILES string of the molecule is Cc1ccccc1C1CC1C(=O)Nc1ccc(CC(=O)O)cc1. The average molecular weight is 309 g/mol. The lowest BCUT2D eigenvalue weighted by Crippen LogP contribution is -2.14. The third-order valence-corrected chi connectivity index (χ3v) is 4.29. The average Bonchev–Trinajstić information content (AvgIpc) is 3.30. The Labute approximate surface area is 135 Å². The maximum atomic E-state index is 12.3. The van der Waals surface area contributed by atoms with Gasteiger partial charge in [-0.2, -0.15) is 0 Å². The van der Waals surface area contributed by atoms with Gasteiger partial charge in [-0.3, -0.25) is 9.59 Å². The lowest BCUT2D eigenvalue weighted by atomic mass is 10.0. The van der Waals surface area contributed by atoms with E-state index < -0.39 is 5.97 Å². The molecule has 118 valence electrons. The van der Waals surface area contributed by atoms with Crippen LogP contribution in [0.4, 0.5) is 5.69 Å². The second-order valence-corrected chi connectivity index (χ2v) is 6.06. The lowest BCUT2D eigenvalue weighted by molar-refractivity contribution is -0.136. The van der Waals surface area contributed by atoms with Gasteiger partial charge in [0, 0.05) is 11.6 Å². The molecular weight excluding hydrogens is 290 g/mol. The van der Waals surface area contributed by atoms with Crippen molar-refractivity contribution in [1.29, 1.82) is 0 Å². The number of aliphatic carboxylic acids is 1. The van der Waals surface area contributed by atoms with Crippen LogP contribution in [0.2, 0.25) is 0 Å². The Balaban J connectivity index is 1.60. The van der Waals surface area contributed by atoms with Gasteiger partial charge >= 0.3 is 5.97 Å². The fourth-order valence-electron chi connectivity index (χ4n) is 2.95. The number of rotatable bonds is 5. The lowest BCUT2D eigenvalue weighted by Gasteiger charge is -2.07. The predicted molar refractivity (Wildman–Crippen MR) is 88.4 cm³/mol. The Hall–Kier alpha value is -2.62. The van der Waals surface area contributed by atoms with Crippen LogP contribution in [0.3, 0.4) is 0 Å². The van der Waals surface area contributed by atoms with Crippen LogP contribution in [0.15, 0.2) is 48.5 Å². The number of hydrogen-bond acceptors (Lipinski definition) is 2. The van der Waals surface area contributed by atoms with Crippen molar-refractivity contribution < 1.29 is 14.7 Å². The van der Waals surface area contributed by atoms with E-state index in [0.717, 1.165) is 12.0 Å². The van der Waals surface area contributed by atoms with E-state index in [0.29, 0.717) is 11.6 Å². The first kappa shape index (κ1) is 15.3. The number of carbonyl (C=O) groups excluding carboxylic acids is 1. The van der Waals surface area contributed by atoms with E-state index in [1.807, 2.05) is 12.1 Å². The summed E-state index contributed by atoms with van der Waals surface area (Å²) in [4.78, 5) is 23.0. The van der Waals surface area contributed by atoms with Gasteiger partial charge in [0.1, 0.15) is 0 Å². The Morgan fingerprint density at radius 2 is 1.83 bits per heavy atom. The molecule has 1 aliphatic carbocycles. The van der Waals surface area contributed by atoms with Crippen molar-refractivity contribution in [3.63, 3.8) is 0 Å². The van der Waals surface area contributed by atoms with Crippen molar-refractivity contribution in [1.82, 2.24) is 0 Å². The molecule has 2 aromatic rings. The summed E-state index contributed by atoms with van der Waals surface area (Å²) in [5, 5.41) is 11.7. The van der Waals surface area contributed by atoms with Gasteiger partial charge in [-0.1, -0.05) is 36.4 Å². The zero-order chi connectivity index (χ0) is 16.4. The first-order valence-electron chi connectivity index (χ1n) is 7.71. The molecule has 2 atom stereocenters. The van der Waals surface area contributed by atoms with Crippen molar-refractivity contribution in [2.45, 2.75) is 25.7 Å². The fraction of sp³-hybridized carbons (Fsp3) is 0.263. The molecule has 1 saturated carbocycles. The molecule has 2 N–H and O–H groups in total. The van der Waals surface area contributed by atoms with E-state index in [4.69, 9.17) is 5.11 Å². The van der Waals surface area contributed by atoms with Gasteiger partial charge in [-0.25, -0.2) is 0 Å². The van der Waals surface area contributed by atoms with Crippen LogP contribution < -0.4 is 5.32 Å². The summed E-state index contributed by atoms with van der Waals surface area (Å²) in [6, 6.07) is 15.1. The number of anilines is 1. The molecule has 1 amide bonds. The quantitative estimate of drug-likeness (QED) is 0.890. The van der Waals surface area contributed by atoms with Gasteiger partial charge in [-0.15, -0.1) is 0 Å². The number of hydrogen-bond donors (Lipinski definition) is 2. The van der Waals surface area contributed by atoms with E-state index in [-0.39, 0.29) is 18.2 Å². The van der Waals surface area contributed by atoms with Crippen molar-refractivity contribution >= 4 is 17.6 Å². The van der Waals surface area contributed by atoms with E-state index in [2.05, 4.69) is 24.4 Å². The highest BCUT2D eigenvalue weighted by Crippen LogP contribution is 2.48. The molecule has 1 fully saturated rings. The molecule has 0 bridgehead atoms. The van der Waals surface area contributed by atoms with Gasteiger partial charge in [-0.05, 0) is 48.1 Å². The molecule has 4 nitrogen and oxygen atoms in total. The summed E-state index contributed by atoms with van der Waals surface area (Å²) in [7, 11) is 0. The topological polar surface area (TPSA) is 66.4 Å². The van der Waals surface area contributed by atoms with E-state index in [1.165, 1.54) is 11.1 Å². The van der Waals surface area contributed by atoms with Crippen LogP contribution in [0.1, 0.15) is 29.0 Å². The smallest absolute Gasteiger partial charge is 0.307 e. The number of amides is 1. The van der Waals surface area contributed by atoms with Gasteiger partial charge in [0.15, 0.2) is 0 Å². The summed E-state index contributed by atoms with van der Waals surface area (Å²) >= 11 is 0. The summed E-state index contributed by atoms with van der Waals surface area (Å²) in [6.07, 6.45) is 0.875. The number of aryl methyl sites for hydroxylation is 1. The van der Waals surface area contributed by atoms with Gasteiger partial charge in [0.2, 0.25) is 5.91 Å². The van der Waals surface area contributed by atoms with Crippen molar-refractivity contribution in [2.75, 3.05) is 5.32 Å². The fourth-order valence-corrected chi connectivity index (χ4v) is 2.95. The number of carboxylic acid groups (broad SMARTS) is 1. The molecule has 0 saturated heterocycles. The predicted octanol–water partition coefficient (Wildman–Crippen LogP) is 3.36. The number of benzene rings is 2. The summed E-state index contributed by atoms with van der Waals surface area (Å²) < 4.78 is 0. The Morgan fingerprint density at radius 3 is 2.48 bits per heavy atom. The van der Waals surface area contributed by atoms with Gasteiger partial charge in [0.05, 0.1) is 6.42 Å². The van der Waals surface area contributed by atoms with Crippen LogP contribution >= 0.6 is 0 Å². The normalized spacial score (nSPS) is 19.2. The van der Waals surface area contributed by atoms with Crippen molar-refractivity contribution in [2.24, 2.45) is 5.92 Å². The number of carboxylic acids is 1. The molecule has 4 heteroatoms. The molecule has 0 aromatic heterocycles. The number of nitrogens with one attached hydrogen (secondary N) is 1. The third kappa shape index (κ3) is 3.59. The minimum absolute atomic E-state index is 0.00773. The molecule has 0 heterocycles. The third-order valence-electron chi connectivity index (χ3n) is 4.29. The molecule has 0 radical (unpaired) electrons. The summed E-state index contributed by atoms with van der Waals surface area (Å²) in [6.45, 7) is 2.07. The van der Waals surface area contributed by atoms with Gasteiger partial charge in [0.25, 0.3) is 0 Å². The zero-order valence-corrected chi connectivity index (χ0v) is 13.0. The Kier molecular flexibility index (Phi) is 4.15. The monoisotopic (exact) mass is 309 g/mol. The van der Waals surface area contributed by atoms with Crippen LogP contribution in [-0.4, -0.2) is 17.0 Å². The molecule has 0 spiro atoms. The first-order chi connectivity index (χ1) is 11.0. The largest absolute Gasteiger partial charge is 0.481 e. The minimum atomic E-state index is -0.860. The first-order valence-corrected chi connectivity index (χ1v) is 7.71. The summed E-state index contributed by atoms with van der Waals surface area (Å²) in [5.41, 5.74) is 3.91. The molecule has 2 unspecified atom stereocenters. The van der Waals surface area contributed by atoms with Crippen LogP contribution in [-0.2, 0) is 16.0 Å². The highest BCUT2D eigenvalue weighted by molar-refractivity contribution is 5.95. The molecule has 3 rings (SSSR count). The van der Waals surface area contributed by atoms with E-state index >= 15 is 0 Å². The highest BCUT2D eigenvalue weighted by atomic mass is 16.4. The van der Waals surface area contributed by atoms with Gasteiger partial charge < -0.3 is 10.4 Å². The van der Waals surface area contributed by atoms with E-state index in [1.54, 1.807) is 24.3 Å². The second-order valence-electron chi connectivity index (χ2n) is 6.06. The van der Waals surface area contributed by atoms with E-state index in [9.17, 15) is 9.59 Å². The van der Waals surface area contributed by atoms with Crippen molar-refractivity contribution in [3.05, 3.63) is 65.2 Å². The van der Waals surface area contributed by atoms with Crippen LogP contribution in [0.5, 0.6) is 0 Å². The second kappa shape index (κ2) is 6.24. The maximum Gasteiger partial charge on any atom is 0.307 e. The Bertz CT molecular complexity index is 737. The van der Waals surface area contributed by atoms with Crippen LogP contribution in [0.25, 0.3) is 0 Å². The summed E-state index contributed by atoms with van der Waals surface area (Å²) in [5.74, 6) is -0.498. The minimum Gasteiger partial charge on any atom is -0.481 e. The molecular formula is C19H19NO3. The Morgan fingerprint density at radius 1 is 1.13 bits per heavy atom. The molecule has 2 aromatic carbocycles. The standard InChI is InChI=1S/C19H19NO3/c1-12-4-2-3-5-15(12)16-11-17(16)19(23)20-14-8-6-13(7-9-14)10-18(21)22/h2-9,16-17H,10-11H2,1H3,(H,20,23)(H,21,22). The van der Waals surface area contributed by atoms with Crippen LogP contribution in [0, 0.1) is 12.8 Å². The van der Waals surface area contributed by atoms with Crippen molar-refractivity contribution in [3.8, 4) is 0 Å². The highest BCUT2D eigenvalue weighted by Gasteiger charge is 2.44. The molecule has 23 heavy (non-hydrogen) atoms. The molecule has 1 aliphatic rings.